The molecule has 0 unspecified atom stereocenters. The Balaban J connectivity index is 2.54. The molecule has 0 aliphatic heterocycles. The second kappa shape index (κ2) is 4.73. The van der Waals surface area contributed by atoms with Gasteiger partial charge in [-0.3, -0.25) is 4.79 Å². The Labute approximate surface area is 105 Å². The highest BCUT2D eigenvalue weighted by Crippen LogP contribution is 2.11. The second-order valence-electron chi connectivity index (χ2n) is 3.56. The zero-order chi connectivity index (χ0) is 13.3. The molecular formula is C10H11N3O4S. The molecule has 0 saturated carbocycles. The minimum atomic E-state index is -0.607. The van der Waals surface area contributed by atoms with Crippen LogP contribution in [0.1, 0.15) is 12.6 Å². The minimum Gasteiger partial charge on any atom is -0.466 e. The van der Waals surface area contributed by atoms with Crippen LogP contribution in [0.2, 0.25) is 0 Å². The molecule has 2 rings (SSSR count). The fourth-order valence-corrected chi connectivity index (χ4v) is 2.36. The highest BCUT2D eigenvalue weighted by atomic mass is 32.1. The average molecular weight is 269 g/mol. The number of ether oxygens (including phenoxy) is 1. The maximum Gasteiger partial charge on any atom is 0.354 e. The Morgan fingerprint density at radius 3 is 2.89 bits per heavy atom. The molecule has 18 heavy (non-hydrogen) atoms. The van der Waals surface area contributed by atoms with E-state index in [2.05, 4.69) is 4.98 Å². The lowest BCUT2D eigenvalue weighted by molar-refractivity contribution is -0.142. The first kappa shape index (κ1) is 12.5. The third-order valence-corrected chi connectivity index (χ3v) is 3.24. The maximum atomic E-state index is 11.9. The first-order valence-electron chi connectivity index (χ1n) is 5.26. The topological polar surface area (TPSA) is 82.7 Å². The van der Waals surface area contributed by atoms with E-state index in [1.165, 1.54) is 11.4 Å². The van der Waals surface area contributed by atoms with Crippen LogP contribution >= 0.6 is 11.3 Å². The summed E-state index contributed by atoms with van der Waals surface area (Å²) in [5.41, 5.74) is -0.642. The molecule has 7 nitrogen and oxygen atoms in total. The lowest BCUT2D eigenvalue weighted by Gasteiger charge is -2.02. The molecule has 0 aliphatic carbocycles. The molecule has 2 heterocycles. The Kier molecular flexibility index (Phi) is 3.28. The number of fused-ring (bicyclic) bond motifs is 1. The van der Waals surface area contributed by atoms with E-state index in [0.29, 0.717) is 5.69 Å². The van der Waals surface area contributed by atoms with E-state index in [0.717, 1.165) is 15.9 Å². The third kappa shape index (κ3) is 2.06. The van der Waals surface area contributed by atoms with E-state index >= 15 is 0 Å². The van der Waals surface area contributed by atoms with Gasteiger partial charge in [-0.25, -0.2) is 18.6 Å². The molecule has 0 N–H and O–H groups in total. The standard InChI is InChI=1S/C10H11N3O4S/c1-3-17-7(14)4-6-5-18-9-11-8(15)12(2)10(16)13(6)9/h5H,3-4H2,1-2H3. The van der Waals surface area contributed by atoms with Crippen molar-refractivity contribution in [2.45, 2.75) is 13.3 Å². The highest BCUT2D eigenvalue weighted by Gasteiger charge is 2.14. The van der Waals surface area contributed by atoms with Gasteiger partial charge in [0, 0.05) is 12.4 Å². The summed E-state index contributed by atoms with van der Waals surface area (Å²) in [7, 11) is 1.34. The van der Waals surface area contributed by atoms with Crippen molar-refractivity contribution in [2.75, 3.05) is 6.61 Å². The molecule has 0 bridgehead atoms. The monoisotopic (exact) mass is 269 g/mol. The van der Waals surface area contributed by atoms with Gasteiger partial charge in [0.25, 0.3) is 0 Å². The van der Waals surface area contributed by atoms with E-state index in [9.17, 15) is 14.4 Å². The van der Waals surface area contributed by atoms with E-state index in [4.69, 9.17) is 4.74 Å². The van der Waals surface area contributed by atoms with Crippen LogP contribution in [0.4, 0.5) is 0 Å². The van der Waals surface area contributed by atoms with Crippen LogP contribution in [0.25, 0.3) is 4.96 Å². The SMILES string of the molecule is CCOC(=O)Cc1csc2nc(=O)n(C)c(=O)n12. The molecule has 8 heteroatoms. The van der Waals surface area contributed by atoms with Crippen LogP contribution in [0.3, 0.4) is 0 Å². The summed E-state index contributed by atoms with van der Waals surface area (Å²) in [5, 5.41) is 1.63. The zero-order valence-electron chi connectivity index (χ0n) is 9.87. The van der Waals surface area contributed by atoms with Crippen molar-refractivity contribution in [3.05, 3.63) is 32.0 Å². The Bertz CT molecular complexity index is 712. The number of aromatic nitrogens is 3. The lowest BCUT2D eigenvalue weighted by atomic mass is 10.3. The molecule has 96 valence electrons. The van der Waals surface area contributed by atoms with Gasteiger partial charge in [0.05, 0.1) is 18.7 Å². The van der Waals surface area contributed by atoms with Gasteiger partial charge in [0.1, 0.15) is 0 Å². The largest absolute Gasteiger partial charge is 0.466 e. The number of nitrogens with zero attached hydrogens (tertiary/aromatic N) is 3. The molecule has 0 saturated heterocycles. The number of rotatable bonds is 3. The van der Waals surface area contributed by atoms with Crippen LogP contribution in [0.5, 0.6) is 0 Å². The molecular weight excluding hydrogens is 258 g/mol. The van der Waals surface area contributed by atoms with E-state index in [1.807, 2.05) is 0 Å². The molecule has 2 aromatic heterocycles. The molecule has 0 amide bonds. The van der Waals surface area contributed by atoms with Gasteiger partial charge >= 0.3 is 17.3 Å². The van der Waals surface area contributed by atoms with Crippen molar-refractivity contribution in [3.8, 4) is 0 Å². The summed E-state index contributed by atoms with van der Waals surface area (Å²) in [5.74, 6) is -0.419. The molecule has 0 aromatic carbocycles. The summed E-state index contributed by atoms with van der Waals surface area (Å²) in [6.07, 6.45) is -0.0202. The Morgan fingerprint density at radius 1 is 1.50 bits per heavy atom. The van der Waals surface area contributed by atoms with Gasteiger partial charge in [-0.1, -0.05) is 0 Å². The fourth-order valence-electron chi connectivity index (χ4n) is 1.50. The number of esters is 1. The van der Waals surface area contributed by atoms with E-state index in [-0.39, 0.29) is 18.0 Å². The third-order valence-electron chi connectivity index (χ3n) is 2.37. The maximum absolute atomic E-state index is 11.9. The highest BCUT2D eigenvalue weighted by molar-refractivity contribution is 7.15. The minimum absolute atomic E-state index is 0.0202. The van der Waals surface area contributed by atoms with Crippen molar-refractivity contribution in [2.24, 2.45) is 7.05 Å². The van der Waals surface area contributed by atoms with Crippen molar-refractivity contribution in [3.63, 3.8) is 0 Å². The second-order valence-corrected chi connectivity index (χ2v) is 4.40. The van der Waals surface area contributed by atoms with Crippen LogP contribution < -0.4 is 11.4 Å². The molecule has 0 fully saturated rings. The van der Waals surface area contributed by atoms with E-state index < -0.39 is 17.3 Å². The quantitative estimate of drug-likeness (QED) is 0.705. The number of carbonyl (C=O) groups excluding carboxylic acids is 1. The first-order chi connectivity index (χ1) is 8.54. The molecule has 0 spiro atoms. The summed E-state index contributed by atoms with van der Waals surface area (Å²) >= 11 is 1.14. The number of hydrogen-bond donors (Lipinski definition) is 0. The number of hydrogen-bond acceptors (Lipinski definition) is 6. The van der Waals surface area contributed by atoms with Crippen LogP contribution in [0.15, 0.2) is 15.0 Å². The first-order valence-corrected chi connectivity index (χ1v) is 6.14. The van der Waals surface area contributed by atoms with Crippen molar-refractivity contribution >= 4 is 22.3 Å². The zero-order valence-corrected chi connectivity index (χ0v) is 10.7. The predicted molar refractivity (Wildman–Crippen MR) is 64.9 cm³/mol. The van der Waals surface area contributed by atoms with Crippen molar-refractivity contribution in [1.82, 2.24) is 14.0 Å². The van der Waals surface area contributed by atoms with Gasteiger partial charge in [-0.2, -0.15) is 4.98 Å². The summed E-state index contributed by atoms with van der Waals surface area (Å²) in [4.78, 5) is 38.7. The van der Waals surface area contributed by atoms with Crippen LogP contribution in [-0.4, -0.2) is 26.5 Å². The van der Waals surface area contributed by atoms with Gasteiger partial charge in [-0.15, -0.1) is 11.3 Å². The van der Waals surface area contributed by atoms with Gasteiger partial charge in [0.2, 0.25) is 4.96 Å². The Hall–Kier alpha value is -1.96. The molecule has 0 radical (unpaired) electrons. The van der Waals surface area contributed by atoms with E-state index in [1.54, 1.807) is 12.3 Å². The number of carbonyl (C=O) groups is 1. The Morgan fingerprint density at radius 2 is 2.22 bits per heavy atom. The van der Waals surface area contributed by atoms with Gasteiger partial charge in [-0.05, 0) is 6.92 Å². The molecule has 2 aromatic rings. The van der Waals surface area contributed by atoms with Crippen LogP contribution in [0, 0.1) is 0 Å². The summed E-state index contributed by atoms with van der Waals surface area (Å²) in [6.45, 7) is 1.99. The predicted octanol–water partition coefficient (Wildman–Crippen LogP) is -0.440. The van der Waals surface area contributed by atoms with Gasteiger partial charge < -0.3 is 4.74 Å². The number of thiazole rings is 1. The average Bonchev–Trinajstić information content (AvgIpc) is 2.69. The molecule has 0 atom stereocenters. The normalized spacial score (nSPS) is 10.8. The molecule has 0 aliphatic rings. The summed E-state index contributed by atoms with van der Waals surface area (Å²) in [6, 6.07) is 0. The lowest BCUT2D eigenvalue weighted by Crippen LogP contribution is -2.37. The fraction of sp³-hybridized carbons (Fsp3) is 0.400. The summed E-state index contributed by atoms with van der Waals surface area (Å²) < 4.78 is 6.97. The van der Waals surface area contributed by atoms with Crippen molar-refractivity contribution < 1.29 is 9.53 Å². The van der Waals surface area contributed by atoms with Crippen molar-refractivity contribution in [1.29, 1.82) is 0 Å². The van der Waals surface area contributed by atoms with Gasteiger partial charge in [0.15, 0.2) is 0 Å². The van der Waals surface area contributed by atoms with Crippen LogP contribution in [-0.2, 0) is 23.0 Å². The smallest absolute Gasteiger partial charge is 0.354 e.